The highest BCUT2D eigenvalue weighted by atomic mass is 16.7. The third kappa shape index (κ3) is 1.90. The second-order valence-corrected chi connectivity index (χ2v) is 4.39. The average molecular weight is 220 g/mol. The van der Waals surface area contributed by atoms with Crippen molar-refractivity contribution in [3.63, 3.8) is 0 Å². The van der Waals surface area contributed by atoms with Crippen LogP contribution in [0.1, 0.15) is 32.3 Å². The molecule has 1 atom stereocenters. The van der Waals surface area contributed by atoms with E-state index in [1.807, 2.05) is 39.0 Å². The molecular formula is C13H16O3. The van der Waals surface area contributed by atoms with Crippen molar-refractivity contribution in [2.45, 2.75) is 26.7 Å². The molecule has 16 heavy (non-hydrogen) atoms. The minimum atomic E-state index is -0.0884. The molecule has 0 aliphatic carbocycles. The van der Waals surface area contributed by atoms with E-state index in [9.17, 15) is 4.79 Å². The number of fused-ring (bicyclic) bond motifs is 1. The van der Waals surface area contributed by atoms with Gasteiger partial charge in [-0.2, -0.15) is 0 Å². The van der Waals surface area contributed by atoms with Crippen LogP contribution in [-0.2, 0) is 4.79 Å². The van der Waals surface area contributed by atoms with Crippen LogP contribution >= 0.6 is 0 Å². The molecule has 1 aromatic rings. The Bertz CT molecular complexity index is 410. The summed E-state index contributed by atoms with van der Waals surface area (Å²) in [5, 5.41) is 0. The number of Topliss-reactive ketones (excluding diaryl/α,β-unsaturated/α-hetero) is 1. The summed E-state index contributed by atoms with van der Waals surface area (Å²) in [6.45, 7) is 6.04. The maximum atomic E-state index is 11.9. The number of carbonyl (C=O) groups excluding carboxylic acids is 1. The zero-order valence-electron chi connectivity index (χ0n) is 9.82. The van der Waals surface area contributed by atoms with Crippen LogP contribution < -0.4 is 9.47 Å². The summed E-state index contributed by atoms with van der Waals surface area (Å²) in [4.78, 5) is 11.9. The van der Waals surface area contributed by atoms with Crippen LogP contribution in [0.5, 0.6) is 11.5 Å². The van der Waals surface area contributed by atoms with Crippen molar-refractivity contribution in [1.82, 2.24) is 0 Å². The van der Waals surface area contributed by atoms with Gasteiger partial charge in [-0.3, -0.25) is 4.79 Å². The molecule has 86 valence electrons. The fraction of sp³-hybridized carbons (Fsp3) is 0.462. The van der Waals surface area contributed by atoms with Gasteiger partial charge in [0.1, 0.15) is 5.78 Å². The number of rotatable bonds is 3. The molecule has 0 radical (unpaired) electrons. The normalized spacial score (nSPS) is 15.2. The second kappa shape index (κ2) is 4.16. The highest BCUT2D eigenvalue weighted by molar-refractivity contribution is 5.87. The van der Waals surface area contributed by atoms with Gasteiger partial charge in [-0.15, -0.1) is 0 Å². The van der Waals surface area contributed by atoms with Crippen LogP contribution in [0.4, 0.5) is 0 Å². The van der Waals surface area contributed by atoms with Crippen molar-refractivity contribution in [1.29, 1.82) is 0 Å². The number of hydrogen-bond donors (Lipinski definition) is 0. The molecule has 0 spiro atoms. The van der Waals surface area contributed by atoms with Gasteiger partial charge in [0, 0.05) is 11.8 Å². The van der Waals surface area contributed by atoms with E-state index in [0.717, 1.165) is 17.1 Å². The number of benzene rings is 1. The van der Waals surface area contributed by atoms with E-state index in [-0.39, 0.29) is 24.4 Å². The molecule has 0 bridgehead atoms. The molecular weight excluding hydrogens is 204 g/mol. The fourth-order valence-corrected chi connectivity index (χ4v) is 1.85. The lowest BCUT2D eigenvalue weighted by Gasteiger charge is -2.13. The van der Waals surface area contributed by atoms with E-state index in [0.29, 0.717) is 0 Å². The highest BCUT2D eigenvalue weighted by Crippen LogP contribution is 2.35. The highest BCUT2D eigenvalue weighted by Gasteiger charge is 2.21. The van der Waals surface area contributed by atoms with Crippen LogP contribution in [0.15, 0.2) is 18.2 Å². The number of hydrogen-bond acceptors (Lipinski definition) is 3. The van der Waals surface area contributed by atoms with Gasteiger partial charge in [-0.25, -0.2) is 0 Å². The van der Waals surface area contributed by atoms with Crippen molar-refractivity contribution < 1.29 is 14.3 Å². The number of carbonyl (C=O) groups is 1. The Balaban J connectivity index is 2.24. The van der Waals surface area contributed by atoms with Gasteiger partial charge < -0.3 is 9.47 Å². The Morgan fingerprint density at radius 2 is 1.88 bits per heavy atom. The zero-order chi connectivity index (χ0) is 11.7. The summed E-state index contributed by atoms with van der Waals surface area (Å²) in [7, 11) is 0. The molecule has 2 rings (SSSR count). The van der Waals surface area contributed by atoms with E-state index in [2.05, 4.69) is 0 Å². The first kappa shape index (κ1) is 11.0. The summed E-state index contributed by atoms with van der Waals surface area (Å²) in [5.41, 5.74) is 0.989. The topological polar surface area (TPSA) is 35.5 Å². The van der Waals surface area contributed by atoms with E-state index in [4.69, 9.17) is 9.47 Å². The first-order chi connectivity index (χ1) is 7.59. The molecule has 3 nitrogen and oxygen atoms in total. The molecule has 0 amide bonds. The Kier molecular flexibility index (Phi) is 2.86. The molecule has 0 fully saturated rings. The van der Waals surface area contributed by atoms with Crippen LogP contribution in [0.2, 0.25) is 0 Å². The lowest BCUT2D eigenvalue weighted by atomic mass is 9.90. The maximum absolute atomic E-state index is 11.9. The molecule has 1 heterocycles. The van der Waals surface area contributed by atoms with Crippen molar-refractivity contribution >= 4 is 5.78 Å². The van der Waals surface area contributed by atoms with Crippen LogP contribution in [0.25, 0.3) is 0 Å². The molecule has 0 saturated heterocycles. The lowest BCUT2D eigenvalue weighted by Crippen LogP contribution is -2.15. The minimum absolute atomic E-state index is 0.0559. The Morgan fingerprint density at radius 3 is 2.56 bits per heavy atom. The first-order valence-electron chi connectivity index (χ1n) is 5.53. The largest absolute Gasteiger partial charge is 0.454 e. The maximum Gasteiger partial charge on any atom is 0.231 e. The predicted octanol–water partition coefficient (Wildman–Crippen LogP) is 2.74. The molecule has 1 aliphatic rings. The van der Waals surface area contributed by atoms with Crippen LogP contribution in [0, 0.1) is 5.92 Å². The Hall–Kier alpha value is -1.51. The van der Waals surface area contributed by atoms with Gasteiger partial charge in [0.05, 0.1) is 0 Å². The first-order valence-corrected chi connectivity index (χ1v) is 5.53. The van der Waals surface area contributed by atoms with Gasteiger partial charge in [0.2, 0.25) is 6.79 Å². The SMILES string of the molecule is CC(C)C(=O)C(C)c1ccc2c(c1)OCO2. The van der Waals surface area contributed by atoms with Gasteiger partial charge >= 0.3 is 0 Å². The Morgan fingerprint density at radius 1 is 1.19 bits per heavy atom. The summed E-state index contributed by atoms with van der Waals surface area (Å²) < 4.78 is 10.5. The van der Waals surface area contributed by atoms with Gasteiger partial charge in [0.15, 0.2) is 11.5 Å². The monoisotopic (exact) mass is 220 g/mol. The minimum Gasteiger partial charge on any atom is -0.454 e. The second-order valence-electron chi connectivity index (χ2n) is 4.39. The van der Waals surface area contributed by atoms with Crippen molar-refractivity contribution in [2.75, 3.05) is 6.79 Å². The fourth-order valence-electron chi connectivity index (χ4n) is 1.85. The molecule has 3 heteroatoms. The van der Waals surface area contributed by atoms with Gasteiger partial charge in [-0.05, 0) is 17.7 Å². The number of ketones is 1. The van der Waals surface area contributed by atoms with E-state index in [1.165, 1.54) is 0 Å². The van der Waals surface area contributed by atoms with Crippen LogP contribution in [-0.4, -0.2) is 12.6 Å². The summed E-state index contributed by atoms with van der Waals surface area (Å²) in [6, 6.07) is 5.69. The van der Waals surface area contributed by atoms with Crippen molar-refractivity contribution in [3.05, 3.63) is 23.8 Å². The Labute approximate surface area is 95.4 Å². The summed E-state index contributed by atoms with van der Waals surface area (Å²) in [6.07, 6.45) is 0. The van der Waals surface area contributed by atoms with E-state index < -0.39 is 0 Å². The van der Waals surface area contributed by atoms with Crippen LogP contribution in [0.3, 0.4) is 0 Å². The smallest absolute Gasteiger partial charge is 0.231 e. The third-order valence-electron chi connectivity index (χ3n) is 2.89. The third-order valence-corrected chi connectivity index (χ3v) is 2.89. The molecule has 1 aliphatic heterocycles. The zero-order valence-corrected chi connectivity index (χ0v) is 9.82. The molecule has 0 saturated carbocycles. The van der Waals surface area contributed by atoms with Crippen molar-refractivity contribution in [2.24, 2.45) is 5.92 Å². The summed E-state index contributed by atoms with van der Waals surface area (Å²) >= 11 is 0. The van der Waals surface area contributed by atoms with E-state index in [1.54, 1.807) is 0 Å². The van der Waals surface area contributed by atoms with Gasteiger partial charge in [0.25, 0.3) is 0 Å². The average Bonchev–Trinajstić information content (AvgIpc) is 2.73. The molecule has 0 aromatic heterocycles. The lowest BCUT2D eigenvalue weighted by molar-refractivity contribution is -0.123. The van der Waals surface area contributed by atoms with E-state index >= 15 is 0 Å². The standard InChI is InChI=1S/C13H16O3/c1-8(2)13(14)9(3)10-4-5-11-12(6-10)16-7-15-11/h4-6,8-9H,7H2,1-3H3. The molecule has 1 unspecified atom stereocenters. The quantitative estimate of drug-likeness (QED) is 0.785. The summed E-state index contributed by atoms with van der Waals surface area (Å²) in [5.74, 6) is 1.71. The number of ether oxygens (including phenoxy) is 2. The molecule has 0 N–H and O–H groups in total. The van der Waals surface area contributed by atoms with Gasteiger partial charge in [-0.1, -0.05) is 26.8 Å². The predicted molar refractivity (Wildman–Crippen MR) is 60.8 cm³/mol. The van der Waals surface area contributed by atoms with Crippen molar-refractivity contribution in [3.8, 4) is 11.5 Å². The molecule has 1 aromatic carbocycles.